The Kier molecular flexibility index (Phi) is 7.76. The van der Waals surface area contributed by atoms with Crippen LogP contribution in [-0.4, -0.2) is 26.3 Å². The first-order valence-corrected chi connectivity index (χ1v) is 9.97. The lowest BCUT2D eigenvalue weighted by Gasteiger charge is -2.08. The summed E-state index contributed by atoms with van der Waals surface area (Å²) in [6.07, 6.45) is 1.54. The normalized spacial score (nSPS) is 10.7. The highest BCUT2D eigenvalue weighted by molar-refractivity contribution is 6.35. The molecule has 0 aliphatic carbocycles. The van der Waals surface area contributed by atoms with Gasteiger partial charge in [0.05, 0.1) is 20.4 Å². The third kappa shape index (κ3) is 6.38. The summed E-state index contributed by atoms with van der Waals surface area (Å²) in [5.41, 5.74) is 4.49. The Bertz CT molecular complexity index is 1060. The average molecular weight is 459 g/mol. The Labute approximate surface area is 190 Å². The fourth-order valence-corrected chi connectivity index (χ4v) is 3.08. The minimum atomic E-state index is -0.381. The molecule has 0 aromatic heterocycles. The van der Waals surface area contributed by atoms with E-state index in [1.807, 2.05) is 18.2 Å². The Morgan fingerprint density at radius 3 is 2.23 bits per heavy atom. The van der Waals surface area contributed by atoms with Crippen molar-refractivity contribution >= 4 is 35.3 Å². The van der Waals surface area contributed by atoms with E-state index in [0.717, 1.165) is 11.1 Å². The van der Waals surface area contributed by atoms with Crippen LogP contribution >= 0.6 is 23.2 Å². The van der Waals surface area contributed by atoms with Gasteiger partial charge in [0.15, 0.2) is 0 Å². The number of methoxy groups -OCH3 is 2. The number of halogens is 2. The van der Waals surface area contributed by atoms with Crippen LogP contribution in [0, 0.1) is 0 Å². The quantitative estimate of drug-likeness (QED) is 0.364. The molecule has 160 valence electrons. The van der Waals surface area contributed by atoms with Crippen LogP contribution < -0.4 is 19.6 Å². The van der Waals surface area contributed by atoms with Crippen molar-refractivity contribution in [3.8, 4) is 17.2 Å². The van der Waals surface area contributed by atoms with Crippen LogP contribution in [0.1, 0.15) is 21.5 Å². The van der Waals surface area contributed by atoms with Crippen LogP contribution in [0.4, 0.5) is 0 Å². The number of hydrogen-bond donors (Lipinski definition) is 1. The van der Waals surface area contributed by atoms with Crippen molar-refractivity contribution < 1.29 is 19.0 Å². The van der Waals surface area contributed by atoms with Gasteiger partial charge in [-0.2, -0.15) is 5.10 Å². The summed E-state index contributed by atoms with van der Waals surface area (Å²) < 4.78 is 16.1. The molecule has 0 heterocycles. The van der Waals surface area contributed by atoms with Gasteiger partial charge in [0.2, 0.25) is 0 Å². The molecule has 3 rings (SSSR count). The van der Waals surface area contributed by atoms with Crippen molar-refractivity contribution in [2.75, 3.05) is 14.2 Å². The van der Waals surface area contributed by atoms with Gasteiger partial charge in [-0.15, -0.1) is 0 Å². The van der Waals surface area contributed by atoms with E-state index in [-0.39, 0.29) is 5.91 Å². The van der Waals surface area contributed by atoms with Gasteiger partial charge in [0, 0.05) is 27.2 Å². The molecule has 1 N–H and O–H groups in total. The number of hydrogen-bond acceptors (Lipinski definition) is 5. The highest BCUT2D eigenvalue weighted by Crippen LogP contribution is 2.23. The number of nitrogens with one attached hydrogen (secondary N) is 1. The van der Waals surface area contributed by atoms with Crippen molar-refractivity contribution in [3.05, 3.63) is 87.4 Å². The summed E-state index contributed by atoms with van der Waals surface area (Å²) in [4.78, 5) is 12.3. The van der Waals surface area contributed by atoms with Crippen LogP contribution in [0.5, 0.6) is 17.2 Å². The maximum atomic E-state index is 12.3. The number of carbonyl (C=O) groups is 1. The Morgan fingerprint density at radius 2 is 1.61 bits per heavy atom. The van der Waals surface area contributed by atoms with Gasteiger partial charge in [-0.25, -0.2) is 5.43 Å². The Morgan fingerprint density at radius 1 is 0.935 bits per heavy atom. The summed E-state index contributed by atoms with van der Waals surface area (Å²) in [6.45, 7) is 0.323. The van der Waals surface area contributed by atoms with Crippen LogP contribution in [-0.2, 0) is 6.61 Å². The fourth-order valence-electron chi connectivity index (χ4n) is 2.62. The van der Waals surface area contributed by atoms with E-state index >= 15 is 0 Å². The standard InChI is InChI=1S/C23H20Cl2N2O4/c1-29-20-9-17(10-21(12-20)30-2)23(28)27-26-13-15-3-7-19(8-4-15)31-14-16-5-6-18(24)11-22(16)25/h3-13H,14H2,1-2H3,(H,27,28). The van der Waals surface area contributed by atoms with E-state index in [4.69, 9.17) is 37.4 Å². The summed E-state index contributed by atoms with van der Waals surface area (Å²) in [5, 5.41) is 5.13. The second-order valence-corrected chi connectivity index (χ2v) is 7.24. The molecule has 0 atom stereocenters. The maximum absolute atomic E-state index is 12.3. The molecule has 0 saturated carbocycles. The molecule has 0 fully saturated rings. The van der Waals surface area contributed by atoms with Gasteiger partial charge < -0.3 is 14.2 Å². The predicted octanol–water partition coefficient (Wildman–Crippen LogP) is 5.35. The van der Waals surface area contributed by atoms with Crippen LogP contribution in [0.2, 0.25) is 10.0 Å². The zero-order valence-electron chi connectivity index (χ0n) is 16.9. The van der Waals surface area contributed by atoms with Crippen molar-refractivity contribution in [1.29, 1.82) is 0 Å². The monoisotopic (exact) mass is 458 g/mol. The van der Waals surface area contributed by atoms with Crippen molar-refractivity contribution in [2.45, 2.75) is 6.61 Å². The first-order valence-electron chi connectivity index (χ1n) is 9.22. The molecule has 0 saturated heterocycles. The second-order valence-electron chi connectivity index (χ2n) is 6.39. The van der Waals surface area contributed by atoms with Crippen molar-refractivity contribution in [3.63, 3.8) is 0 Å². The largest absolute Gasteiger partial charge is 0.497 e. The van der Waals surface area contributed by atoms with Crippen LogP contribution in [0.15, 0.2) is 65.8 Å². The van der Waals surface area contributed by atoms with Gasteiger partial charge in [-0.05, 0) is 54.1 Å². The zero-order chi connectivity index (χ0) is 22.2. The molecule has 0 bridgehead atoms. The molecule has 0 unspecified atom stereocenters. The molecule has 8 heteroatoms. The Hall–Kier alpha value is -3.22. The SMILES string of the molecule is COc1cc(OC)cc(C(=O)NN=Cc2ccc(OCc3ccc(Cl)cc3Cl)cc2)c1. The second kappa shape index (κ2) is 10.7. The fraction of sp³-hybridized carbons (Fsp3) is 0.130. The number of benzene rings is 3. The number of rotatable bonds is 8. The zero-order valence-corrected chi connectivity index (χ0v) is 18.4. The molecule has 0 spiro atoms. The summed E-state index contributed by atoms with van der Waals surface area (Å²) in [6, 6.07) is 17.4. The molecule has 0 aliphatic heterocycles. The van der Waals surface area contributed by atoms with E-state index in [2.05, 4.69) is 10.5 Å². The highest BCUT2D eigenvalue weighted by Gasteiger charge is 2.09. The predicted molar refractivity (Wildman–Crippen MR) is 122 cm³/mol. The van der Waals surface area contributed by atoms with Crippen molar-refractivity contribution in [2.24, 2.45) is 5.10 Å². The van der Waals surface area contributed by atoms with Crippen LogP contribution in [0.3, 0.4) is 0 Å². The third-order valence-corrected chi connectivity index (χ3v) is 4.87. The molecular weight excluding hydrogens is 439 g/mol. The van der Waals surface area contributed by atoms with Crippen LogP contribution in [0.25, 0.3) is 0 Å². The van der Waals surface area contributed by atoms with Gasteiger partial charge in [-0.1, -0.05) is 29.3 Å². The minimum Gasteiger partial charge on any atom is -0.497 e. The number of carbonyl (C=O) groups excluding carboxylic acids is 1. The van der Waals surface area contributed by atoms with Gasteiger partial charge in [0.1, 0.15) is 23.9 Å². The number of amides is 1. The molecule has 6 nitrogen and oxygen atoms in total. The molecule has 0 aliphatic rings. The van der Waals surface area contributed by atoms with E-state index in [1.54, 1.807) is 42.5 Å². The molecule has 3 aromatic carbocycles. The van der Waals surface area contributed by atoms with Gasteiger partial charge in [0.25, 0.3) is 5.91 Å². The first-order chi connectivity index (χ1) is 15.0. The van der Waals surface area contributed by atoms with Gasteiger partial charge in [-0.3, -0.25) is 4.79 Å². The molecule has 31 heavy (non-hydrogen) atoms. The summed E-state index contributed by atoms with van der Waals surface area (Å²) in [7, 11) is 3.04. The van der Waals surface area contributed by atoms with Crippen molar-refractivity contribution in [1.82, 2.24) is 5.43 Å². The third-order valence-electron chi connectivity index (χ3n) is 4.28. The minimum absolute atomic E-state index is 0.323. The number of ether oxygens (including phenoxy) is 3. The lowest BCUT2D eigenvalue weighted by atomic mass is 10.2. The van der Waals surface area contributed by atoms with Gasteiger partial charge >= 0.3 is 0 Å². The molecule has 0 radical (unpaired) electrons. The summed E-state index contributed by atoms with van der Waals surface area (Å²) in [5.74, 6) is 1.33. The number of nitrogens with zero attached hydrogens (tertiary/aromatic N) is 1. The maximum Gasteiger partial charge on any atom is 0.271 e. The number of hydrazone groups is 1. The van der Waals surface area contributed by atoms with E-state index < -0.39 is 0 Å². The van der Waals surface area contributed by atoms with E-state index in [0.29, 0.717) is 39.5 Å². The highest BCUT2D eigenvalue weighted by atomic mass is 35.5. The topological polar surface area (TPSA) is 69.2 Å². The molecular formula is C23H20Cl2N2O4. The first kappa shape index (κ1) is 22.5. The summed E-state index contributed by atoms with van der Waals surface area (Å²) >= 11 is 12.1. The van der Waals surface area contributed by atoms with E-state index in [1.165, 1.54) is 20.4 Å². The van der Waals surface area contributed by atoms with E-state index in [9.17, 15) is 4.79 Å². The molecule has 1 amide bonds. The average Bonchev–Trinajstić information content (AvgIpc) is 2.79. The molecule has 3 aromatic rings. The Balaban J connectivity index is 1.56. The lowest BCUT2D eigenvalue weighted by molar-refractivity contribution is 0.0954. The smallest absolute Gasteiger partial charge is 0.271 e. The lowest BCUT2D eigenvalue weighted by Crippen LogP contribution is -2.17.